The van der Waals surface area contributed by atoms with Crippen molar-refractivity contribution in [2.45, 2.75) is 39.2 Å². The van der Waals surface area contributed by atoms with Gasteiger partial charge in [-0.05, 0) is 27.7 Å². The van der Waals surface area contributed by atoms with Crippen molar-refractivity contribution >= 4 is 23.4 Å². The maximum atomic E-state index is 12.6. The zero-order valence-corrected chi connectivity index (χ0v) is 15.7. The zero-order chi connectivity index (χ0) is 18.2. The molecule has 1 aliphatic heterocycles. The van der Waals surface area contributed by atoms with E-state index in [1.165, 1.54) is 19.1 Å². The number of hydrogen-bond acceptors (Lipinski definition) is 5. The number of benzene rings is 1. The van der Waals surface area contributed by atoms with Gasteiger partial charge in [0.2, 0.25) is 0 Å². The Labute approximate surface area is 147 Å². The number of halogens is 1. The fourth-order valence-corrected chi connectivity index (χ4v) is 3.23. The number of aromatic hydroxyl groups is 1. The second-order valence-electron chi connectivity index (χ2n) is 6.74. The number of anilines is 1. The Morgan fingerprint density at radius 2 is 1.88 bits per heavy atom. The minimum absolute atomic E-state index is 0.0116. The molecule has 1 N–H and O–H groups in total. The molecule has 1 atom stereocenters. The summed E-state index contributed by atoms with van der Waals surface area (Å²) < 4.78 is 16.3. The first-order valence-corrected chi connectivity index (χ1v) is 8.23. The summed E-state index contributed by atoms with van der Waals surface area (Å²) in [5.41, 5.74) is 1.02. The van der Waals surface area contributed by atoms with E-state index < -0.39 is 11.7 Å². The summed E-state index contributed by atoms with van der Waals surface area (Å²) in [6.45, 7) is 7.47. The molecule has 1 aromatic rings. The quantitative estimate of drug-likeness (QED) is 0.833. The fraction of sp³-hybridized carbons (Fsp3) is 0.588. The molecule has 1 aromatic carbocycles. The first-order valence-electron chi connectivity index (χ1n) is 7.70. The average Bonchev–Trinajstić information content (AvgIpc) is 2.86. The molecule has 7 heteroatoms. The summed E-state index contributed by atoms with van der Waals surface area (Å²) in [7, 11) is 2.99. The molecule has 0 aliphatic carbocycles. The summed E-state index contributed by atoms with van der Waals surface area (Å²) in [6.07, 6.45) is -0.501. The van der Waals surface area contributed by atoms with Crippen LogP contribution in [0, 0.1) is 6.92 Å². The molecule has 134 valence electrons. The van der Waals surface area contributed by atoms with Gasteiger partial charge < -0.3 is 19.3 Å². The van der Waals surface area contributed by atoms with Crippen LogP contribution in [0.15, 0.2) is 0 Å². The van der Waals surface area contributed by atoms with Crippen LogP contribution in [0.1, 0.15) is 37.8 Å². The lowest BCUT2D eigenvalue weighted by Crippen LogP contribution is -2.36. The maximum absolute atomic E-state index is 12.6. The lowest BCUT2D eigenvalue weighted by molar-refractivity contribution is 0.0582. The third-order valence-electron chi connectivity index (χ3n) is 3.91. The summed E-state index contributed by atoms with van der Waals surface area (Å²) in [4.78, 5) is 14.1. The Balaban J connectivity index is 2.64. The highest BCUT2D eigenvalue weighted by molar-refractivity contribution is 6.18. The van der Waals surface area contributed by atoms with E-state index in [9.17, 15) is 9.90 Å². The predicted octanol–water partition coefficient (Wildman–Crippen LogP) is 3.80. The van der Waals surface area contributed by atoms with Gasteiger partial charge in [0.25, 0.3) is 0 Å². The van der Waals surface area contributed by atoms with Crippen LogP contribution in [0.2, 0.25) is 0 Å². The minimum atomic E-state index is -0.632. The first kappa shape index (κ1) is 18.5. The molecule has 1 aliphatic rings. The number of carbonyl (C=O) groups excluding carboxylic acids is 1. The van der Waals surface area contributed by atoms with E-state index in [1.54, 1.807) is 27.7 Å². The van der Waals surface area contributed by atoms with E-state index in [2.05, 4.69) is 0 Å². The number of hydrogen-bond donors (Lipinski definition) is 1. The van der Waals surface area contributed by atoms with Crippen LogP contribution in [0.4, 0.5) is 10.5 Å². The van der Waals surface area contributed by atoms with E-state index in [-0.39, 0.29) is 17.5 Å². The van der Waals surface area contributed by atoms with Gasteiger partial charge in [-0.25, -0.2) is 4.79 Å². The molecule has 6 nitrogen and oxygen atoms in total. The topological polar surface area (TPSA) is 68.2 Å². The van der Waals surface area contributed by atoms with Crippen molar-refractivity contribution in [3.05, 3.63) is 11.1 Å². The highest BCUT2D eigenvalue weighted by atomic mass is 35.5. The molecular formula is C17H24ClNO5. The van der Waals surface area contributed by atoms with Gasteiger partial charge in [-0.2, -0.15) is 0 Å². The smallest absolute Gasteiger partial charge is 0.414 e. The molecule has 2 rings (SSSR count). The van der Waals surface area contributed by atoms with Crippen LogP contribution in [-0.4, -0.2) is 43.4 Å². The van der Waals surface area contributed by atoms with Gasteiger partial charge >= 0.3 is 6.09 Å². The molecule has 0 aromatic heterocycles. The first-order chi connectivity index (χ1) is 11.2. The summed E-state index contributed by atoms with van der Waals surface area (Å²) in [6, 6.07) is 0. The number of phenolic OH excluding ortho intramolecular Hbond substituents is 1. The molecule has 0 fully saturated rings. The highest BCUT2D eigenvalue weighted by Gasteiger charge is 2.41. The number of phenols is 1. The minimum Gasteiger partial charge on any atom is -0.504 e. The van der Waals surface area contributed by atoms with Crippen LogP contribution in [0.3, 0.4) is 0 Å². The Morgan fingerprint density at radius 3 is 2.33 bits per heavy atom. The van der Waals surface area contributed by atoms with Crippen molar-refractivity contribution in [3.63, 3.8) is 0 Å². The van der Waals surface area contributed by atoms with Gasteiger partial charge in [-0.1, -0.05) is 0 Å². The van der Waals surface area contributed by atoms with Crippen LogP contribution in [0.5, 0.6) is 17.2 Å². The zero-order valence-electron chi connectivity index (χ0n) is 14.9. The highest BCUT2D eigenvalue weighted by Crippen LogP contribution is 2.54. The van der Waals surface area contributed by atoms with Gasteiger partial charge in [0, 0.05) is 29.5 Å². The number of alkyl halides is 1. The van der Waals surface area contributed by atoms with Gasteiger partial charge in [-0.15, -0.1) is 11.6 Å². The monoisotopic (exact) mass is 357 g/mol. The van der Waals surface area contributed by atoms with Crippen molar-refractivity contribution in [2.75, 3.05) is 31.5 Å². The van der Waals surface area contributed by atoms with Crippen molar-refractivity contribution < 1.29 is 24.1 Å². The van der Waals surface area contributed by atoms with E-state index >= 15 is 0 Å². The second-order valence-corrected chi connectivity index (χ2v) is 7.05. The second kappa shape index (κ2) is 6.59. The van der Waals surface area contributed by atoms with Crippen molar-refractivity contribution in [3.8, 4) is 17.2 Å². The third kappa shape index (κ3) is 3.07. The summed E-state index contributed by atoms with van der Waals surface area (Å²) in [5, 5.41) is 10.6. The average molecular weight is 358 g/mol. The van der Waals surface area contributed by atoms with Gasteiger partial charge in [-0.3, -0.25) is 4.90 Å². The predicted molar refractivity (Wildman–Crippen MR) is 93.0 cm³/mol. The van der Waals surface area contributed by atoms with Crippen LogP contribution < -0.4 is 14.4 Å². The largest absolute Gasteiger partial charge is 0.504 e. The van der Waals surface area contributed by atoms with Gasteiger partial charge in [0.05, 0.1) is 19.9 Å². The normalized spacial score (nSPS) is 16.8. The van der Waals surface area contributed by atoms with Crippen LogP contribution >= 0.6 is 11.6 Å². The molecule has 1 heterocycles. The Kier molecular flexibility index (Phi) is 5.08. The SMILES string of the molecule is COc1c(C)c(OC)c2c(c1O)[C@@H](CCl)CN2C(=O)OC(C)(C)C. The molecule has 0 bridgehead atoms. The van der Waals surface area contributed by atoms with E-state index in [0.717, 1.165) is 0 Å². The molecular weight excluding hydrogens is 334 g/mol. The van der Waals surface area contributed by atoms with Crippen molar-refractivity contribution in [1.82, 2.24) is 0 Å². The number of methoxy groups -OCH3 is 2. The number of fused-ring (bicyclic) bond motifs is 1. The number of ether oxygens (including phenoxy) is 3. The Bertz CT molecular complexity index is 654. The van der Waals surface area contributed by atoms with Gasteiger partial charge in [0.1, 0.15) is 11.4 Å². The molecule has 1 amide bonds. The Morgan fingerprint density at radius 1 is 1.29 bits per heavy atom. The number of carbonyl (C=O) groups is 1. The van der Waals surface area contributed by atoms with E-state index in [4.69, 9.17) is 25.8 Å². The van der Waals surface area contributed by atoms with Crippen molar-refractivity contribution in [2.24, 2.45) is 0 Å². The Hall–Kier alpha value is -1.82. The maximum Gasteiger partial charge on any atom is 0.414 e. The van der Waals surface area contributed by atoms with E-state index in [1.807, 2.05) is 0 Å². The fourth-order valence-electron chi connectivity index (χ4n) is 2.98. The standard InChI is InChI=1S/C17H24ClNO5/c1-9-14(22-5)12-11(13(20)15(9)23-6)10(7-18)8-19(12)16(21)24-17(2,3)4/h10,20H,7-8H2,1-6H3/t10-/m0/s1. The molecule has 0 saturated carbocycles. The number of amides is 1. The number of nitrogens with zero attached hydrogens (tertiary/aromatic N) is 1. The summed E-state index contributed by atoms with van der Waals surface area (Å²) in [5.74, 6) is 0.792. The van der Waals surface area contributed by atoms with E-state index in [0.29, 0.717) is 34.9 Å². The lowest BCUT2D eigenvalue weighted by Gasteiger charge is -2.26. The molecule has 0 radical (unpaired) electrons. The lowest BCUT2D eigenvalue weighted by atomic mass is 9.98. The van der Waals surface area contributed by atoms with Crippen molar-refractivity contribution in [1.29, 1.82) is 0 Å². The van der Waals surface area contributed by atoms with Crippen LogP contribution in [-0.2, 0) is 4.74 Å². The molecule has 0 spiro atoms. The number of rotatable bonds is 3. The van der Waals surface area contributed by atoms with Crippen LogP contribution in [0.25, 0.3) is 0 Å². The summed E-state index contributed by atoms with van der Waals surface area (Å²) >= 11 is 6.07. The molecule has 0 saturated heterocycles. The van der Waals surface area contributed by atoms with Gasteiger partial charge in [0.15, 0.2) is 11.5 Å². The molecule has 24 heavy (non-hydrogen) atoms. The molecule has 0 unspecified atom stereocenters. The third-order valence-corrected chi connectivity index (χ3v) is 4.28.